The second kappa shape index (κ2) is 8.20. The Morgan fingerprint density at radius 3 is 2.90 bits per heavy atom. The Morgan fingerprint density at radius 1 is 1.23 bits per heavy atom. The van der Waals surface area contributed by atoms with Crippen LogP contribution in [0.25, 0.3) is 21.2 Å². The van der Waals surface area contributed by atoms with Crippen LogP contribution in [0.2, 0.25) is 0 Å². The summed E-state index contributed by atoms with van der Waals surface area (Å²) in [7, 11) is 3.21. The fourth-order valence-electron chi connectivity index (χ4n) is 3.81. The van der Waals surface area contributed by atoms with Gasteiger partial charge < -0.3 is 18.6 Å². The first-order valence-corrected chi connectivity index (χ1v) is 10.9. The van der Waals surface area contributed by atoms with Gasteiger partial charge in [0, 0.05) is 12.0 Å². The van der Waals surface area contributed by atoms with Crippen molar-refractivity contribution >= 4 is 43.6 Å². The quantitative estimate of drug-likeness (QED) is 0.427. The number of methoxy groups -OCH3 is 2. The zero-order chi connectivity index (χ0) is 21.4. The van der Waals surface area contributed by atoms with Gasteiger partial charge in [0.05, 0.1) is 37.1 Å². The summed E-state index contributed by atoms with van der Waals surface area (Å²) in [4.78, 5) is 20.0. The van der Waals surface area contributed by atoms with Gasteiger partial charge >= 0.3 is 0 Å². The van der Waals surface area contributed by atoms with Gasteiger partial charge in [-0.15, -0.1) is 0 Å². The topological polar surface area (TPSA) is 74.0 Å². The number of amides is 1. The first-order valence-electron chi connectivity index (χ1n) is 10.1. The monoisotopic (exact) mass is 438 g/mol. The molecule has 4 aromatic rings. The van der Waals surface area contributed by atoms with E-state index in [4.69, 9.17) is 23.6 Å². The van der Waals surface area contributed by atoms with E-state index in [1.807, 2.05) is 36.4 Å². The van der Waals surface area contributed by atoms with Crippen LogP contribution in [0.15, 0.2) is 46.9 Å². The van der Waals surface area contributed by atoms with E-state index >= 15 is 0 Å². The van der Waals surface area contributed by atoms with Crippen LogP contribution < -0.4 is 14.4 Å². The zero-order valence-corrected chi connectivity index (χ0v) is 18.1. The molecule has 3 heterocycles. The fraction of sp³-hybridized carbons (Fsp3) is 0.304. The molecule has 8 heteroatoms. The highest BCUT2D eigenvalue weighted by molar-refractivity contribution is 7.22. The number of benzene rings is 2. The van der Waals surface area contributed by atoms with E-state index in [1.54, 1.807) is 25.2 Å². The summed E-state index contributed by atoms with van der Waals surface area (Å²) in [5.41, 5.74) is 1.37. The second-order valence-electron chi connectivity index (χ2n) is 7.37. The number of hydrogen-bond acceptors (Lipinski definition) is 7. The van der Waals surface area contributed by atoms with E-state index in [0.717, 1.165) is 34.2 Å². The molecule has 2 aromatic carbocycles. The molecule has 0 radical (unpaired) electrons. The SMILES string of the molecule is COc1ccc2nc(N(CC3CCCO3)C(=O)c3cc4cccc(OC)c4o3)sc2c1. The van der Waals surface area contributed by atoms with E-state index in [0.29, 0.717) is 29.6 Å². The fourth-order valence-corrected chi connectivity index (χ4v) is 4.81. The minimum Gasteiger partial charge on any atom is -0.497 e. The number of carbonyl (C=O) groups is 1. The van der Waals surface area contributed by atoms with Gasteiger partial charge in [-0.2, -0.15) is 0 Å². The second-order valence-corrected chi connectivity index (χ2v) is 8.38. The Kier molecular flexibility index (Phi) is 5.25. The number of carbonyl (C=O) groups excluding carboxylic acids is 1. The smallest absolute Gasteiger partial charge is 0.295 e. The lowest BCUT2D eigenvalue weighted by Crippen LogP contribution is -2.37. The van der Waals surface area contributed by atoms with Crippen LogP contribution in [0.5, 0.6) is 11.5 Å². The van der Waals surface area contributed by atoms with Crippen molar-refractivity contribution in [2.45, 2.75) is 18.9 Å². The predicted molar refractivity (Wildman–Crippen MR) is 120 cm³/mol. The largest absolute Gasteiger partial charge is 0.497 e. The number of aromatic nitrogens is 1. The average molecular weight is 439 g/mol. The third kappa shape index (κ3) is 3.73. The van der Waals surface area contributed by atoms with Crippen molar-refractivity contribution in [2.75, 3.05) is 32.3 Å². The number of rotatable bonds is 6. The van der Waals surface area contributed by atoms with Gasteiger partial charge in [0.2, 0.25) is 0 Å². The van der Waals surface area contributed by atoms with E-state index in [9.17, 15) is 4.79 Å². The molecule has 1 saturated heterocycles. The molecule has 0 N–H and O–H groups in total. The van der Waals surface area contributed by atoms with Crippen molar-refractivity contribution in [2.24, 2.45) is 0 Å². The maximum absolute atomic E-state index is 13.6. The summed E-state index contributed by atoms with van der Waals surface area (Å²) in [6.45, 7) is 1.13. The molecule has 2 aromatic heterocycles. The molecule has 1 aliphatic rings. The maximum Gasteiger partial charge on any atom is 0.295 e. The van der Waals surface area contributed by atoms with Gasteiger partial charge in [-0.3, -0.25) is 9.69 Å². The van der Waals surface area contributed by atoms with Crippen LogP contribution in [0.1, 0.15) is 23.4 Å². The maximum atomic E-state index is 13.6. The third-order valence-corrected chi connectivity index (χ3v) is 6.45. The van der Waals surface area contributed by atoms with E-state index in [-0.39, 0.29) is 17.8 Å². The van der Waals surface area contributed by atoms with Crippen molar-refractivity contribution in [3.8, 4) is 11.5 Å². The number of hydrogen-bond donors (Lipinski definition) is 0. The van der Waals surface area contributed by atoms with Gasteiger partial charge in [0.25, 0.3) is 5.91 Å². The molecule has 0 aliphatic carbocycles. The number of ether oxygens (including phenoxy) is 3. The van der Waals surface area contributed by atoms with Crippen LogP contribution >= 0.6 is 11.3 Å². The number of anilines is 1. The van der Waals surface area contributed by atoms with Gasteiger partial charge in [0.15, 0.2) is 22.2 Å². The molecule has 7 nitrogen and oxygen atoms in total. The summed E-state index contributed by atoms with van der Waals surface area (Å²) in [6.07, 6.45) is 1.88. The Labute approximate surface area is 183 Å². The number of thiazole rings is 1. The number of nitrogens with zero attached hydrogens (tertiary/aromatic N) is 2. The first-order chi connectivity index (χ1) is 15.2. The van der Waals surface area contributed by atoms with Crippen LogP contribution in [-0.4, -0.2) is 44.4 Å². The van der Waals surface area contributed by atoms with E-state index in [2.05, 4.69) is 0 Å². The molecule has 1 fully saturated rings. The summed E-state index contributed by atoms with van der Waals surface area (Å²) < 4.78 is 23.4. The number of fused-ring (bicyclic) bond motifs is 2. The molecule has 1 aliphatic heterocycles. The lowest BCUT2D eigenvalue weighted by molar-refractivity contribution is 0.0896. The summed E-state index contributed by atoms with van der Waals surface area (Å²) >= 11 is 1.45. The highest BCUT2D eigenvalue weighted by Crippen LogP contribution is 2.34. The number of furan rings is 1. The van der Waals surface area contributed by atoms with Crippen molar-refractivity contribution in [1.29, 1.82) is 0 Å². The normalized spacial score (nSPS) is 16.1. The summed E-state index contributed by atoms with van der Waals surface area (Å²) in [5, 5.41) is 1.42. The Balaban J connectivity index is 1.55. The van der Waals surface area contributed by atoms with Gasteiger partial charge in [-0.25, -0.2) is 4.98 Å². The van der Waals surface area contributed by atoms with Crippen LogP contribution in [0.4, 0.5) is 5.13 Å². The van der Waals surface area contributed by atoms with Crippen LogP contribution in [0.3, 0.4) is 0 Å². The number of para-hydroxylation sites is 1. The molecule has 160 valence electrons. The minimum absolute atomic E-state index is 0.0237. The predicted octanol–water partition coefficient (Wildman–Crippen LogP) is 4.89. The first kappa shape index (κ1) is 19.8. The molecule has 1 amide bonds. The standard InChI is InChI=1S/C23H22N2O5S/c1-27-15-8-9-17-20(12-15)31-23(24-17)25(13-16-6-4-10-29-16)22(26)19-11-14-5-3-7-18(28-2)21(14)30-19/h3,5,7-9,11-12,16H,4,6,10,13H2,1-2H3. The molecule has 5 rings (SSSR count). The zero-order valence-electron chi connectivity index (χ0n) is 17.3. The summed E-state index contributed by atoms with van der Waals surface area (Å²) in [5.74, 6) is 1.34. The Bertz CT molecular complexity index is 1240. The summed E-state index contributed by atoms with van der Waals surface area (Å²) in [6, 6.07) is 13.0. The molecular weight excluding hydrogens is 416 g/mol. The molecule has 0 saturated carbocycles. The van der Waals surface area contributed by atoms with E-state index in [1.165, 1.54) is 11.3 Å². The van der Waals surface area contributed by atoms with Crippen molar-refractivity contribution in [1.82, 2.24) is 4.98 Å². The van der Waals surface area contributed by atoms with Crippen molar-refractivity contribution in [3.05, 3.63) is 48.2 Å². The Hall–Kier alpha value is -3.10. The van der Waals surface area contributed by atoms with Crippen LogP contribution in [-0.2, 0) is 4.74 Å². The lowest BCUT2D eigenvalue weighted by Gasteiger charge is -2.22. The molecule has 0 bridgehead atoms. The van der Waals surface area contributed by atoms with Gasteiger partial charge in [-0.05, 0) is 43.2 Å². The molecule has 1 unspecified atom stereocenters. The van der Waals surface area contributed by atoms with Crippen molar-refractivity contribution < 1.29 is 23.4 Å². The highest BCUT2D eigenvalue weighted by Gasteiger charge is 2.29. The van der Waals surface area contributed by atoms with Crippen molar-refractivity contribution in [3.63, 3.8) is 0 Å². The minimum atomic E-state index is -0.250. The molecule has 1 atom stereocenters. The van der Waals surface area contributed by atoms with Crippen LogP contribution in [0, 0.1) is 0 Å². The van der Waals surface area contributed by atoms with Gasteiger partial charge in [-0.1, -0.05) is 23.5 Å². The third-order valence-electron chi connectivity index (χ3n) is 5.41. The highest BCUT2D eigenvalue weighted by atomic mass is 32.1. The average Bonchev–Trinajstić information content (AvgIpc) is 3.54. The van der Waals surface area contributed by atoms with Gasteiger partial charge in [0.1, 0.15) is 5.75 Å². The van der Waals surface area contributed by atoms with E-state index < -0.39 is 0 Å². The Morgan fingerprint density at radius 2 is 2.13 bits per heavy atom. The lowest BCUT2D eigenvalue weighted by atomic mass is 10.2. The molecule has 31 heavy (non-hydrogen) atoms. The molecular formula is C23H22N2O5S. The molecule has 0 spiro atoms.